The summed E-state index contributed by atoms with van der Waals surface area (Å²) in [6.45, 7) is 96.7. The van der Waals surface area contributed by atoms with E-state index in [0.29, 0.717) is 132 Å². The molecule has 1 atom stereocenters. The van der Waals surface area contributed by atoms with Gasteiger partial charge in [-0.15, -0.1) is 0 Å². The Hall–Kier alpha value is -11.5. The summed E-state index contributed by atoms with van der Waals surface area (Å²) in [6, 6.07) is 45.7. The standard InChI is InChI=1S/2C13H21NO.C12H20N2O.3C12H20N2.C11H15F.C11H18N2O.2C11H18N2.C9H13NO/c1-10(2)7-8-15-13-6-5-12(9-14-13)11(3)4;1-5-12(6-2)15-13-8-7-11(9-14-13)10(3)4;1-9(2)10-6-13-7-11(14-10)15-8-12(3,4)5;1-9(2)7-13-12-6-5-11(8-14-12)10(3)4;1-5-14(6-2)12-8-7-11(9-13-12)10(3)4;1-5-14(6-2)12-9-7-8-11(13-12)10(3)4;1-8(2)10-5-4-6-11(7-10)9(3)12;1-8(2)7-14-11-6-12-5-10(13-11)9(3)4;1-8(2)10-5-6-11(12-7-10)13-9(3)4;1-8(2)10-6-5-7-11(13-10)12-9(3)4;1-7(2)8-4-5-9(11-3)10-6-8/h5-6,9-11H,7-8H2,1-4H3;7-10,12H,5-6H2,1-4H3;6-7,9H,8H2,1-5H3;5-6,8-10H,7H2,1-4H3,(H,13,14);2*7-10H,5-6H2,1-4H3;4-9H,1-3H3;5-6,8-9H,7H2,1-4H3;2*5-9H,1-4H3,(H,12,13);4-7H,1-3H3. The van der Waals surface area contributed by atoms with Crippen molar-refractivity contribution in [2.45, 2.75) is 400 Å². The highest BCUT2D eigenvalue weighted by atomic mass is 19.1. The third-order valence-corrected chi connectivity index (χ3v) is 23.1. The molecule has 11 rings (SSSR count). The predicted octanol–water partition coefficient (Wildman–Crippen LogP) is 34.5. The van der Waals surface area contributed by atoms with E-state index >= 15 is 0 Å². The van der Waals surface area contributed by atoms with Crippen LogP contribution in [0.15, 0.2) is 195 Å². The molecule has 0 aliphatic heterocycles. The van der Waals surface area contributed by atoms with Crippen LogP contribution in [0.4, 0.5) is 33.5 Å². The van der Waals surface area contributed by atoms with Crippen LogP contribution < -0.4 is 49.4 Å². The topological polar surface area (TPSA) is 243 Å². The van der Waals surface area contributed by atoms with Gasteiger partial charge in [-0.25, -0.2) is 54.2 Å². The third kappa shape index (κ3) is 61.1. The van der Waals surface area contributed by atoms with Crippen molar-refractivity contribution in [3.05, 3.63) is 263 Å². The highest BCUT2D eigenvalue weighted by Gasteiger charge is 2.17. The maximum atomic E-state index is 12.9. The summed E-state index contributed by atoms with van der Waals surface area (Å²) in [5, 5.41) is 9.85. The van der Waals surface area contributed by atoms with E-state index in [1.54, 1.807) is 38.8 Å². The van der Waals surface area contributed by atoms with Crippen molar-refractivity contribution in [2.24, 2.45) is 23.2 Å². The van der Waals surface area contributed by atoms with Gasteiger partial charge < -0.3 is 49.4 Å². The van der Waals surface area contributed by atoms with Crippen molar-refractivity contribution in [3.8, 4) is 29.4 Å². The second-order valence-electron chi connectivity index (χ2n) is 44.2. The van der Waals surface area contributed by atoms with E-state index in [1.165, 1.54) is 44.6 Å². The lowest BCUT2D eigenvalue weighted by Gasteiger charge is -2.20. The lowest BCUT2D eigenvalue weighted by molar-refractivity contribution is 0.185. The number of pyridine rings is 8. The molecule has 0 saturated heterocycles. The molecule has 0 spiro atoms. The minimum atomic E-state index is -0.858. The maximum absolute atomic E-state index is 12.9. The van der Waals surface area contributed by atoms with Crippen molar-refractivity contribution in [2.75, 3.05) is 85.4 Å². The van der Waals surface area contributed by atoms with E-state index in [2.05, 4.69) is 436 Å². The van der Waals surface area contributed by atoms with Crippen LogP contribution in [0.2, 0.25) is 0 Å². The lowest BCUT2D eigenvalue weighted by Crippen LogP contribution is -2.23. The first kappa shape index (κ1) is 137. The number of halogens is 1. The number of rotatable bonds is 39. The quantitative estimate of drug-likeness (QED) is 0.0324. The van der Waals surface area contributed by atoms with Crippen molar-refractivity contribution < 1.29 is 28.1 Å². The van der Waals surface area contributed by atoms with Crippen LogP contribution >= 0.6 is 0 Å². The Labute approximate surface area is 911 Å². The molecule has 23 heteroatoms. The second kappa shape index (κ2) is 76.1. The molecule has 11 aromatic rings. The van der Waals surface area contributed by atoms with Crippen molar-refractivity contribution >= 4 is 29.1 Å². The predicted molar refractivity (Wildman–Crippen MR) is 639 cm³/mol. The number of nitrogens with zero attached hydrogens (tertiary/aromatic N) is 14. The molecule has 0 aliphatic carbocycles. The van der Waals surface area contributed by atoms with E-state index in [9.17, 15) is 4.39 Å². The Morgan fingerprint density at radius 2 is 0.700 bits per heavy atom. The molecule has 150 heavy (non-hydrogen) atoms. The molecule has 0 amide bonds. The van der Waals surface area contributed by atoms with Crippen LogP contribution in [0.5, 0.6) is 29.4 Å². The van der Waals surface area contributed by atoms with Gasteiger partial charge in [-0.05, 0) is 257 Å². The number of benzene rings is 1. The van der Waals surface area contributed by atoms with Gasteiger partial charge >= 0.3 is 0 Å². The molecule has 10 heterocycles. The van der Waals surface area contributed by atoms with Crippen LogP contribution in [0.1, 0.15) is 449 Å². The molecule has 1 unspecified atom stereocenters. The van der Waals surface area contributed by atoms with Gasteiger partial charge in [-0.2, -0.15) is 0 Å². The summed E-state index contributed by atoms with van der Waals surface area (Å²) in [7, 11) is 1.62. The van der Waals surface area contributed by atoms with Crippen LogP contribution in [0.3, 0.4) is 0 Å². The number of hydrogen-bond donors (Lipinski definition) is 3. The number of methoxy groups -OCH3 is 1. The van der Waals surface area contributed by atoms with E-state index in [-0.39, 0.29) is 5.41 Å². The van der Waals surface area contributed by atoms with Crippen LogP contribution in [-0.2, 0) is 0 Å². The zero-order valence-electron chi connectivity index (χ0n) is 101. The van der Waals surface area contributed by atoms with Gasteiger partial charge in [0.1, 0.15) is 35.3 Å². The van der Waals surface area contributed by atoms with Gasteiger partial charge in [0.25, 0.3) is 0 Å². The molecule has 0 aliphatic rings. The number of alkyl halides is 1. The van der Waals surface area contributed by atoms with Crippen molar-refractivity contribution in [3.63, 3.8) is 0 Å². The molecule has 22 nitrogen and oxygen atoms in total. The molecule has 0 bridgehead atoms. The van der Waals surface area contributed by atoms with Gasteiger partial charge in [0, 0.05) is 124 Å². The first-order valence-electron chi connectivity index (χ1n) is 55.7. The summed E-state index contributed by atoms with van der Waals surface area (Å²) in [4.78, 5) is 56.5. The summed E-state index contributed by atoms with van der Waals surface area (Å²) >= 11 is 0. The molecular weight excluding hydrogens is 1860 g/mol. The van der Waals surface area contributed by atoms with Crippen LogP contribution in [-0.4, -0.2) is 138 Å². The summed E-state index contributed by atoms with van der Waals surface area (Å²) < 4.78 is 40.2. The smallest absolute Gasteiger partial charge is 0.232 e. The van der Waals surface area contributed by atoms with E-state index < -0.39 is 6.17 Å². The zero-order chi connectivity index (χ0) is 113. The molecule has 0 fully saturated rings. The minimum Gasteiger partial charge on any atom is -0.481 e. The van der Waals surface area contributed by atoms with Gasteiger partial charge in [0.15, 0.2) is 0 Å². The Balaban J connectivity index is 0.000000826. The molecule has 834 valence electrons. The molecule has 0 radical (unpaired) electrons. The highest BCUT2D eigenvalue weighted by Crippen LogP contribution is 2.28. The molecule has 3 N–H and O–H groups in total. The van der Waals surface area contributed by atoms with E-state index in [4.69, 9.17) is 23.7 Å². The Kier molecular flexibility index (Phi) is 69.3. The van der Waals surface area contributed by atoms with E-state index in [1.807, 2.05) is 104 Å². The summed E-state index contributed by atoms with van der Waals surface area (Å²) in [5.74, 6) is 15.9. The van der Waals surface area contributed by atoms with Crippen molar-refractivity contribution in [1.29, 1.82) is 0 Å². The normalized spacial score (nSPS) is 11.2. The minimum absolute atomic E-state index is 0.148. The summed E-state index contributed by atoms with van der Waals surface area (Å²) in [6.07, 6.45) is 21.0. The molecule has 10 aromatic heterocycles. The third-order valence-electron chi connectivity index (χ3n) is 23.1. The average molecular weight is 2070 g/mol. The van der Waals surface area contributed by atoms with Gasteiger partial charge in [0.2, 0.25) is 29.4 Å². The fourth-order valence-electron chi connectivity index (χ4n) is 13.0. The first-order chi connectivity index (χ1) is 70.7. The maximum Gasteiger partial charge on any atom is 0.232 e. The second-order valence-corrected chi connectivity index (χ2v) is 44.2. The molecule has 0 saturated carbocycles. The highest BCUT2D eigenvalue weighted by molar-refractivity contribution is 5.42. The Morgan fingerprint density at radius 3 is 1.07 bits per heavy atom. The van der Waals surface area contributed by atoms with Gasteiger partial charge in [0.05, 0.1) is 56.8 Å². The van der Waals surface area contributed by atoms with Crippen LogP contribution in [0, 0.1) is 23.2 Å². The van der Waals surface area contributed by atoms with Crippen LogP contribution in [0.25, 0.3) is 0 Å². The largest absolute Gasteiger partial charge is 0.481 e. The Bertz CT molecular complexity index is 5170. The number of hydrogen-bond acceptors (Lipinski definition) is 22. The number of aromatic nitrogens is 12. The Morgan fingerprint density at radius 1 is 0.313 bits per heavy atom. The fraction of sp³-hybridized carbons (Fsp3) is 0.575. The molecule has 1 aromatic carbocycles. The fourth-order valence-corrected chi connectivity index (χ4v) is 13.0. The van der Waals surface area contributed by atoms with Gasteiger partial charge in [-0.3, -0.25) is 9.97 Å². The number of nitrogens with one attached hydrogen (secondary N) is 3. The monoisotopic (exact) mass is 2070 g/mol. The number of anilines is 5. The van der Waals surface area contributed by atoms with Gasteiger partial charge in [-0.1, -0.05) is 301 Å². The number of ether oxygens (including phenoxy) is 5. The zero-order valence-corrected chi connectivity index (χ0v) is 101. The lowest BCUT2D eigenvalue weighted by atomic mass is 9.99. The SMILES string of the molecule is CC(C)CCOc1ccc(C(C)C)cn1.CC(C)CNc1ccc(C(C)C)cn1.CC(C)COc1cncc(C(C)C)n1.CC(C)Nc1ccc(C(C)C)cn1.CC(C)Nc1cccc(C(C)C)n1.CC(C)c1cccc(C(C)F)c1.CC(C)c1cncc(OCC(C)(C)C)n1.CCC(CC)Oc1ccc(C(C)C)cn1.CCN(CC)c1ccc(C(C)C)cn1.CCN(CC)c1cccc(C(C)C)n1.COc1ccc(C(C)C)cn1. The molecular formula is C127H204FN17O5. The average Bonchev–Trinajstić information content (AvgIpc) is 0.856. The van der Waals surface area contributed by atoms with Crippen molar-refractivity contribution in [1.82, 2.24) is 59.8 Å². The first-order valence-corrected chi connectivity index (χ1v) is 55.7. The van der Waals surface area contributed by atoms with E-state index in [0.717, 1.165) is 122 Å². The summed E-state index contributed by atoms with van der Waals surface area (Å²) in [5.41, 5.74) is 14.0.